The van der Waals surface area contributed by atoms with Gasteiger partial charge in [0.05, 0.1) is 6.61 Å². The molecule has 0 bridgehead atoms. The SMILES string of the molecule is CCOc1ccc(Nc2cc(C)nc(NC(=S)NCC(C)(C)C)n2)cc1. The summed E-state index contributed by atoms with van der Waals surface area (Å²) in [7, 11) is 0. The van der Waals surface area contributed by atoms with E-state index in [1.807, 2.05) is 44.2 Å². The second-order valence-electron chi connectivity index (χ2n) is 7.17. The fourth-order valence-corrected chi connectivity index (χ4v) is 2.29. The Bertz CT molecular complexity index is 741. The zero-order chi connectivity index (χ0) is 19.2. The van der Waals surface area contributed by atoms with Gasteiger partial charge in [0.2, 0.25) is 5.95 Å². The zero-order valence-electron chi connectivity index (χ0n) is 16.0. The second kappa shape index (κ2) is 8.80. The Balaban J connectivity index is 2.03. The van der Waals surface area contributed by atoms with Gasteiger partial charge in [0.1, 0.15) is 11.6 Å². The maximum atomic E-state index is 5.46. The van der Waals surface area contributed by atoms with Crippen LogP contribution in [0.5, 0.6) is 5.75 Å². The molecule has 140 valence electrons. The minimum absolute atomic E-state index is 0.138. The minimum Gasteiger partial charge on any atom is -0.494 e. The first-order chi connectivity index (χ1) is 12.2. The van der Waals surface area contributed by atoms with E-state index < -0.39 is 0 Å². The summed E-state index contributed by atoms with van der Waals surface area (Å²) in [6.07, 6.45) is 0. The Morgan fingerprint density at radius 3 is 2.46 bits per heavy atom. The van der Waals surface area contributed by atoms with Crippen LogP contribution in [0.25, 0.3) is 0 Å². The molecular weight excluding hydrogens is 346 g/mol. The summed E-state index contributed by atoms with van der Waals surface area (Å²) in [5, 5.41) is 10.0. The smallest absolute Gasteiger partial charge is 0.231 e. The summed E-state index contributed by atoms with van der Waals surface area (Å²) in [6.45, 7) is 11.7. The van der Waals surface area contributed by atoms with Gasteiger partial charge in [0, 0.05) is 24.0 Å². The quantitative estimate of drug-likeness (QED) is 0.654. The summed E-state index contributed by atoms with van der Waals surface area (Å²) < 4.78 is 5.46. The van der Waals surface area contributed by atoms with Crippen LogP contribution in [0.1, 0.15) is 33.4 Å². The lowest BCUT2D eigenvalue weighted by molar-refractivity contribution is 0.340. The first-order valence-electron chi connectivity index (χ1n) is 8.65. The number of hydrogen-bond donors (Lipinski definition) is 3. The zero-order valence-corrected chi connectivity index (χ0v) is 16.8. The van der Waals surface area contributed by atoms with E-state index in [-0.39, 0.29) is 5.41 Å². The lowest BCUT2D eigenvalue weighted by Gasteiger charge is -2.20. The van der Waals surface area contributed by atoms with Crippen molar-refractivity contribution in [3.63, 3.8) is 0 Å². The molecule has 7 heteroatoms. The van der Waals surface area contributed by atoms with E-state index in [0.717, 1.165) is 23.7 Å². The molecule has 0 saturated carbocycles. The average Bonchev–Trinajstić information content (AvgIpc) is 2.54. The molecule has 0 aliphatic rings. The van der Waals surface area contributed by atoms with Crippen molar-refractivity contribution in [3.8, 4) is 5.75 Å². The topological polar surface area (TPSA) is 71.1 Å². The van der Waals surface area contributed by atoms with E-state index in [1.54, 1.807) is 0 Å². The van der Waals surface area contributed by atoms with Crippen LogP contribution in [0.15, 0.2) is 30.3 Å². The van der Waals surface area contributed by atoms with Crippen molar-refractivity contribution in [2.45, 2.75) is 34.6 Å². The molecule has 0 atom stereocenters. The number of rotatable bonds is 6. The van der Waals surface area contributed by atoms with Gasteiger partial charge >= 0.3 is 0 Å². The van der Waals surface area contributed by atoms with E-state index in [4.69, 9.17) is 17.0 Å². The Hall–Kier alpha value is -2.41. The predicted octanol–water partition coefficient (Wildman–Crippen LogP) is 4.26. The van der Waals surface area contributed by atoms with Gasteiger partial charge in [0.15, 0.2) is 5.11 Å². The molecule has 0 spiro atoms. The highest BCUT2D eigenvalue weighted by Gasteiger charge is 2.11. The lowest BCUT2D eigenvalue weighted by Crippen LogP contribution is -2.35. The highest BCUT2D eigenvalue weighted by molar-refractivity contribution is 7.80. The molecule has 3 N–H and O–H groups in total. The van der Waals surface area contributed by atoms with Crippen LogP contribution >= 0.6 is 12.2 Å². The van der Waals surface area contributed by atoms with E-state index in [1.165, 1.54) is 0 Å². The number of aromatic nitrogens is 2. The highest BCUT2D eigenvalue weighted by Crippen LogP contribution is 2.20. The summed E-state index contributed by atoms with van der Waals surface area (Å²) in [5.74, 6) is 2.00. The standard InChI is InChI=1S/C19H27N5OS/c1-6-25-15-9-7-14(8-10-15)22-16-11-13(2)21-17(23-16)24-18(26)20-12-19(3,4)5/h7-11H,6,12H2,1-5H3,(H3,20,21,22,23,24,26). The monoisotopic (exact) mass is 373 g/mol. The Labute approximate surface area is 160 Å². The first kappa shape index (κ1) is 19.9. The summed E-state index contributed by atoms with van der Waals surface area (Å²) in [4.78, 5) is 8.87. The largest absolute Gasteiger partial charge is 0.494 e. The minimum atomic E-state index is 0.138. The highest BCUT2D eigenvalue weighted by atomic mass is 32.1. The molecule has 0 saturated heterocycles. The van der Waals surface area contributed by atoms with Crippen LogP contribution in [0.4, 0.5) is 17.5 Å². The molecule has 0 aliphatic carbocycles. The Morgan fingerprint density at radius 1 is 1.15 bits per heavy atom. The molecule has 1 aromatic heterocycles. The summed E-state index contributed by atoms with van der Waals surface area (Å²) >= 11 is 5.32. The number of thiocarbonyl (C=S) groups is 1. The third-order valence-corrected chi connectivity index (χ3v) is 3.54. The van der Waals surface area contributed by atoms with Crippen molar-refractivity contribution in [2.75, 3.05) is 23.8 Å². The fraction of sp³-hybridized carbons (Fsp3) is 0.421. The molecule has 6 nitrogen and oxygen atoms in total. The molecule has 26 heavy (non-hydrogen) atoms. The number of nitrogens with one attached hydrogen (secondary N) is 3. The molecule has 1 aromatic carbocycles. The van der Waals surface area contributed by atoms with Crippen molar-refractivity contribution in [3.05, 3.63) is 36.0 Å². The Morgan fingerprint density at radius 2 is 1.85 bits per heavy atom. The van der Waals surface area contributed by atoms with Crippen molar-refractivity contribution < 1.29 is 4.74 Å². The van der Waals surface area contributed by atoms with Crippen molar-refractivity contribution >= 4 is 34.8 Å². The van der Waals surface area contributed by atoms with Crippen LogP contribution in [0, 0.1) is 12.3 Å². The molecule has 0 fully saturated rings. The number of anilines is 3. The first-order valence-corrected chi connectivity index (χ1v) is 9.06. The number of aryl methyl sites for hydroxylation is 1. The third kappa shape index (κ3) is 6.84. The predicted molar refractivity (Wildman–Crippen MR) is 111 cm³/mol. The molecule has 0 unspecified atom stereocenters. The van der Waals surface area contributed by atoms with Crippen molar-refractivity contribution in [1.29, 1.82) is 0 Å². The number of hydrogen-bond acceptors (Lipinski definition) is 5. The van der Waals surface area contributed by atoms with Crippen molar-refractivity contribution in [1.82, 2.24) is 15.3 Å². The number of nitrogens with zero attached hydrogens (tertiary/aromatic N) is 2. The van der Waals surface area contributed by atoms with E-state index in [0.29, 0.717) is 23.5 Å². The van der Waals surface area contributed by atoms with Crippen LogP contribution in [-0.4, -0.2) is 28.2 Å². The van der Waals surface area contributed by atoms with Crippen molar-refractivity contribution in [2.24, 2.45) is 5.41 Å². The maximum Gasteiger partial charge on any atom is 0.231 e. The number of benzene rings is 1. The summed E-state index contributed by atoms with van der Waals surface area (Å²) in [5.41, 5.74) is 1.90. The maximum absolute atomic E-state index is 5.46. The molecule has 2 aromatic rings. The van der Waals surface area contributed by atoms with E-state index in [9.17, 15) is 0 Å². The average molecular weight is 374 g/mol. The lowest BCUT2D eigenvalue weighted by atomic mass is 9.97. The van der Waals surface area contributed by atoms with Crippen LogP contribution in [0.2, 0.25) is 0 Å². The van der Waals surface area contributed by atoms with Gasteiger partial charge in [-0.2, -0.15) is 4.98 Å². The van der Waals surface area contributed by atoms with Gasteiger partial charge in [-0.05, 0) is 55.7 Å². The van der Waals surface area contributed by atoms with E-state index in [2.05, 4.69) is 46.7 Å². The second-order valence-corrected chi connectivity index (χ2v) is 7.58. The normalized spacial score (nSPS) is 11.0. The van der Waals surface area contributed by atoms with Crippen LogP contribution in [0.3, 0.4) is 0 Å². The van der Waals surface area contributed by atoms with Crippen LogP contribution < -0.4 is 20.7 Å². The molecule has 2 rings (SSSR count). The van der Waals surface area contributed by atoms with Gasteiger partial charge in [-0.25, -0.2) is 4.98 Å². The van der Waals surface area contributed by atoms with Gasteiger partial charge in [-0.15, -0.1) is 0 Å². The fourth-order valence-electron chi connectivity index (χ4n) is 2.13. The number of ether oxygens (including phenoxy) is 1. The molecule has 1 heterocycles. The third-order valence-electron chi connectivity index (χ3n) is 3.30. The van der Waals surface area contributed by atoms with Gasteiger partial charge in [-0.3, -0.25) is 0 Å². The van der Waals surface area contributed by atoms with Crippen LogP contribution in [-0.2, 0) is 0 Å². The van der Waals surface area contributed by atoms with E-state index >= 15 is 0 Å². The van der Waals surface area contributed by atoms with Gasteiger partial charge < -0.3 is 20.7 Å². The molecule has 0 radical (unpaired) electrons. The van der Waals surface area contributed by atoms with Gasteiger partial charge in [0.25, 0.3) is 0 Å². The summed E-state index contributed by atoms with van der Waals surface area (Å²) in [6, 6.07) is 9.62. The van der Waals surface area contributed by atoms with Gasteiger partial charge in [-0.1, -0.05) is 20.8 Å². The molecular formula is C19H27N5OS. The Kier molecular flexibility index (Phi) is 6.74. The molecule has 0 aliphatic heterocycles. The molecule has 0 amide bonds.